The number of fused-ring (bicyclic) bond motifs is 1. The Morgan fingerprint density at radius 2 is 2.10 bits per heavy atom. The maximum atomic E-state index is 12.1. The summed E-state index contributed by atoms with van der Waals surface area (Å²) in [6, 6.07) is 5.39. The lowest BCUT2D eigenvalue weighted by molar-refractivity contribution is 0.0954. The van der Waals surface area contributed by atoms with Crippen molar-refractivity contribution in [3.63, 3.8) is 0 Å². The van der Waals surface area contributed by atoms with Crippen molar-refractivity contribution in [2.45, 2.75) is 12.8 Å². The number of carbonyl (C=O) groups is 1. The summed E-state index contributed by atoms with van der Waals surface area (Å²) >= 11 is 0. The van der Waals surface area contributed by atoms with E-state index in [0.717, 1.165) is 37.0 Å². The minimum atomic E-state index is -0.0583. The second kappa shape index (κ2) is 6.45. The number of hydrogen-bond acceptors (Lipinski definition) is 4. The molecular weight excluding hydrogens is 264 g/mol. The average molecular weight is 282 g/mol. The highest BCUT2D eigenvalue weighted by Gasteiger charge is 2.08. The van der Waals surface area contributed by atoms with Gasteiger partial charge in [-0.1, -0.05) is 11.6 Å². The second-order valence-corrected chi connectivity index (χ2v) is 5.08. The molecule has 3 rings (SSSR count). The van der Waals surface area contributed by atoms with Gasteiger partial charge in [0, 0.05) is 31.0 Å². The Kier molecular flexibility index (Phi) is 4.21. The third kappa shape index (κ3) is 3.44. The van der Waals surface area contributed by atoms with E-state index < -0.39 is 0 Å². The molecule has 0 bridgehead atoms. The zero-order valence-corrected chi connectivity index (χ0v) is 11.8. The molecule has 1 aromatic heterocycles. The zero-order valence-electron chi connectivity index (χ0n) is 11.8. The van der Waals surface area contributed by atoms with E-state index in [-0.39, 0.29) is 5.91 Å². The molecule has 21 heavy (non-hydrogen) atoms. The third-order valence-electron chi connectivity index (χ3n) is 3.62. The van der Waals surface area contributed by atoms with E-state index in [1.165, 1.54) is 5.57 Å². The summed E-state index contributed by atoms with van der Waals surface area (Å²) in [5, 5.41) is 6.24. The van der Waals surface area contributed by atoms with Gasteiger partial charge in [0.1, 0.15) is 0 Å². The number of amides is 1. The van der Waals surface area contributed by atoms with Gasteiger partial charge in [0.25, 0.3) is 5.91 Å². The van der Waals surface area contributed by atoms with Gasteiger partial charge in [-0.15, -0.1) is 0 Å². The molecule has 5 nitrogen and oxygen atoms in total. The summed E-state index contributed by atoms with van der Waals surface area (Å²) in [5.74, 6) is -0.0583. The van der Waals surface area contributed by atoms with Gasteiger partial charge in [-0.2, -0.15) is 0 Å². The van der Waals surface area contributed by atoms with Gasteiger partial charge in [0.05, 0.1) is 11.0 Å². The van der Waals surface area contributed by atoms with Gasteiger partial charge in [-0.05, 0) is 37.6 Å². The molecule has 108 valence electrons. The first-order valence-corrected chi connectivity index (χ1v) is 7.20. The van der Waals surface area contributed by atoms with Crippen LogP contribution in [0.3, 0.4) is 0 Å². The first-order chi connectivity index (χ1) is 10.3. The quantitative estimate of drug-likeness (QED) is 0.837. The standard InChI is InChI=1S/C16H18N4O/c21-16(20-8-5-12-3-6-17-7-4-12)13-1-2-14-15(11-13)19-10-9-18-14/h1-3,9-11,17H,4-8H2,(H,20,21). The monoisotopic (exact) mass is 282 g/mol. The fraction of sp³-hybridized carbons (Fsp3) is 0.312. The first-order valence-electron chi connectivity index (χ1n) is 7.20. The highest BCUT2D eigenvalue weighted by molar-refractivity contribution is 5.97. The lowest BCUT2D eigenvalue weighted by Crippen LogP contribution is -2.26. The summed E-state index contributed by atoms with van der Waals surface area (Å²) < 4.78 is 0. The first kappa shape index (κ1) is 13.7. The topological polar surface area (TPSA) is 66.9 Å². The van der Waals surface area contributed by atoms with E-state index in [0.29, 0.717) is 12.1 Å². The number of nitrogens with one attached hydrogen (secondary N) is 2. The Balaban J connectivity index is 1.60. The van der Waals surface area contributed by atoms with Gasteiger partial charge in [0.15, 0.2) is 0 Å². The smallest absolute Gasteiger partial charge is 0.251 e. The molecule has 1 aliphatic heterocycles. The summed E-state index contributed by atoms with van der Waals surface area (Å²) in [6.45, 7) is 2.64. The maximum absolute atomic E-state index is 12.1. The Bertz CT molecular complexity index is 681. The lowest BCUT2D eigenvalue weighted by atomic mass is 10.1. The van der Waals surface area contributed by atoms with Crippen LogP contribution >= 0.6 is 0 Å². The predicted octanol–water partition coefficient (Wildman–Crippen LogP) is 1.67. The van der Waals surface area contributed by atoms with Crippen molar-refractivity contribution in [3.05, 3.63) is 47.8 Å². The van der Waals surface area contributed by atoms with Crippen molar-refractivity contribution in [2.24, 2.45) is 0 Å². The number of aromatic nitrogens is 2. The average Bonchev–Trinajstić information content (AvgIpc) is 2.55. The molecule has 2 N–H and O–H groups in total. The van der Waals surface area contributed by atoms with Crippen molar-refractivity contribution >= 4 is 16.9 Å². The molecule has 5 heteroatoms. The van der Waals surface area contributed by atoms with Crippen LogP contribution in [0, 0.1) is 0 Å². The molecule has 0 unspecified atom stereocenters. The van der Waals surface area contributed by atoms with Crippen LogP contribution in [0.25, 0.3) is 11.0 Å². The Morgan fingerprint density at radius 3 is 2.90 bits per heavy atom. The number of rotatable bonds is 4. The molecule has 0 aliphatic carbocycles. The molecular formula is C16H18N4O. The lowest BCUT2D eigenvalue weighted by Gasteiger charge is -2.14. The van der Waals surface area contributed by atoms with Crippen molar-refractivity contribution in [3.8, 4) is 0 Å². The van der Waals surface area contributed by atoms with Crippen molar-refractivity contribution in [2.75, 3.05) is 19.6 Å². The van der Waals surface area contributed by atoms with Crippen LogP contribution in [0.1, 0.15) is 23.2 Å². The summed E-state index contributed by atoms with van der Waals surface area (Å²) in [7, 11) is 0. The largest absolute Gasteiger partial charge is 0.352 e. The van der Waals surface area contributed by atoms with Crippen LogP contribution in [0.4, 0.5) is 0 Å². The highest BCUT2D eigenvalue weighted by atomic mass is 16.1. The molecule has 0 radical (unpaired) electrons. The zero-order chi connectivity index (χ0) is 14.5. The molecule has 2 aromatic rings. The molecule has 2 heterocycles. The fourth-order valence-electron chi connectivity index (χ4n) is 2.44. The molecule has 0 saturated heterocycles. The van der Waals surface area contributed by atoms with Crippen LogP contribution < -0.4 is 10.6 Å². The van der Waals surface area contributed by atoms with Crippen LogP contribution in [0.15, 0.2) is 42.2 Å². The Hall–Kier alpha value is -2.27. The van der Waals surface area contributed by atoms with Crippen LogP contribution in [-0.2, 0) is 0 Å². The number of nitrogens with zero attached hydrogens (tertiary/aromatic N) is 2. The number of carbonyl (C=O) groups excluding carboxylic acids is 1. The molecule has 1 amide bonds. The van der Waals surface area contributed by atoms with E-state index in [1.54, 1.807) is 24.5 Å². The van der Waals surface area contributed by atoms with E-state index >= 15 is 0 Å². The van der Waals surface area contributed by atoms with Gasteiger partial charge in [-0.3, -0.25) is 14.8 Å². The number of hydrogen-bond donors (Lipinski definition) is 2. The van der Waals surface area contributed by atoms with Crippen LogP contribution in [-0.4, -0.2) is 35.5 Å². The molecule has 0 fully saturated rings. The minimum Gasteiger partial charge on any atom is -0.352 e. The molecule has 1 aliphatic rings. The van der Waals surface area contributed by atoms with Crippen LogP contribution in [0.2, 0.25) is 0 Å². The van der Waals surface area contributed by atoms with Gasteiger partial charge in [-0.25, -0.2) is 0 Å². The highest BCUT2D eigenvalue weighted by Crippen LogP contribution is 2.11. The SMILES string of the molecule is O=C(NCCC1=CCNCC1)c1ccc2nccnc2c1. The van der Waals surface area contributed by atoms with E-state index in [2.05, 4.69) is 26.7 Å². The molecule has 0 saturated carbocycles. The second-order valence-electron chi connectivity index (χ2n) is 5.08. The summed E-state index contributed by atoms with van der Waals surface area (Å²) in [4.78, 5) is 20.6. The van der Waals surface area contributed by atoms with Crippen molar-refractivity contribution in [1.29, 1.82) is 0 Å². The fourth-order valence-corrected chi connectivity index (χ4v) is 2.44. The summed E-state index contributed by atoms with van der Waals surface area (Å²) in [6.07, 6.45) is 7.48. The Morgan fingerprint density at radius 1 is 1.24 bits per heavy atom. The minimum absolute atomic E-state index is 0.0583. The van der Waals surface area contributed by atoms with E-state index in [9.17, 15) is 4.79 Å². The molecule has 0 atom stereocenters. The summed E-state index contributed by atoms with van der Waals surface area (Å²) in [5.41, 5.74) is 3.58. The maximum Gasteiger partial charge on any atom is 0.251 e. The van der Waals surface area contributed by atoms with E-state index in [4.69, 9.17) is 0 Å². The van der Waals surface area contributed by atoms with Crippen molar-refractivity contribution < 1.29 is 4.79 Å². The molecule has 1 aromatic carbocycles. The van der Waals surface area contributed by atoms with Gasteiger partial charge < -0.3 is 10.6 Å². The third-order valence-corrected chi connectivity index (χ3v) is 3.62. The number of benzene rings is 1. The van der Waals surface area contributed by atoms with E-state index in [1.807, 2.05) is 6.07 Å². The normalized spacial score (nSPS) is 14.8. The van der Waals surface area contributed by atoms with Crippen LogP contribution in [0.5, 0.6) is 0 Å². The van der Waals surface area contributed by atoms with Gasteiger partial charge in [0.2, 0.25) is 0 Å². The predicted molar refractivity (Wildman–Crippen MR) is 82.1 cm³/mol. The van der Waals surface area contributed by atoms with Gasteiger partial charge >= 0.3 is 0 Å². The molecule has 0 spiro atoms. The van der Waals surface area contributed by atoms with Crippen molar-refractivity contribution in [1.82, 2.24) is 20.6 Å². The Labute approximate surface area is 123 Å².